The Hall–Kier alpha value is -1.66. The van der Waals surface area contributed by atoms with Gasteiger partial charge in [0.2, 0.25) is 0 Å². The zero-order valence-electron chi connectivity index (χ0n) is 16.3. The van der Waals surface area contributed by atoms with Gasteiger partial charge in [0.15, 0.2) is 6.23 Å². The Morgan fingerprint density at radius 1 is 0.971 bits per heavy atom. The molecule has 24 heteroatoms. The molecule has 1 aromatic rings. The lowest BCUT2D eigenvalue weighted by atomic mass is 10.1. The van der Waals surface area contributed by atoms with Crippen molar-refractivity contribution in [2.75, 3.05) is 12.3 Å². The highest BCUT2D eigenvalue weighted by Crippen LogP contribution is 2.28. The van der Waals surface area contributed by atoms with Crippen LogP contribution in [-0.4, -0.2) is 93.8 Å². The van der Waals surface area contributed by atoms with Crippen LogP contribution >= 0.6 is 23.5 Å². The summed E-state index contributed by atoms with van der Waals surface area (Å²) in [5.74, 6) is -0.226. The topological polar surface area (TPSA) is 388 Å². The number of ether oxygens (including phenoxy) is 1. The maximum atomic E-state index is 11.7. The molecule has 1 aliphatic heterocycles. The van der Waals surface area contributed by atoms with Crippen LogP contribution in [0.4, 0.5) is 5.82 Å². The van der Waals surface area contributed by atoms with E-state index in [1.807, 2.05) is 0 Å². The van der Waals surface area contributed by atoms with Gasteiger partial charge >= 0.3 is 29.2 Å². The number of anilines is 1. The minimum atomic E-state index is -4.64. The summed E-state index contributed by atoms with van der Waals surface area (Å²) in [5.41, 5.74) is 4.49. The van der Waals surface area contributed by atoms with Crippen LogP contribution < -0.4 is 11.4 Å². The summed E-state index contributed by atoms with van der Waals surface area (Å²) in [5, 5.41) is 37.2. The molecule has 0 bridgehead atoms. The van der Waals surface area contributed by atoms with Gasteiger partial charge in [-0.1, -0.05) is 0 Å². The van der Waals surface area contributed by atoms with Crippen LogP contribution in [-0.2, 0) is 18.4 Å². The molecule has 0 aliphatic carbocycles. The largest absolute Gasteiger partial charge is 0.466 e. The smallest absolute Gasteiger partial charge is 0.394 e. The normalized spacial score (nSPS) is 22.1. The quantitative estimate of drug-likeness (QED) is 0.149. The van der Waals surface area contributed by atoms with Crippen LogP contribution in [0.1, 0.15) is 11.8 Å². The summed E-state index contributed by atoms with van der Waals surface area (Å²) in [6.07, 6.45) is -3.93. The molecule has 1 aliphatic rings. The molecule has 1 aromatic heterocycles. The van der Waals surface area contributed by atoms with Crippen LogP contribution in [0.25, 0.3) is 0 Å². The van der Waals surface area contributed by atoms with Crippen LogP contribution in [0.3, 0.4) is 0 Å². The van der Waals surface area contributed by atoms with Gasteiger partial charge in [0.1, 0.15) is 35.8 Å². The summed E-state index contributed by atoms with van der Waals surface area (Å²) in [4.78, 5) is 79.8. The summed E-state index contributed by atoms with van der Waals surface area (Å²) in [7, 11) is -13.9. The molecule has 2 rings (SSSR count). The van der Waals surface area contributed by atoms with Crippen LogP contribution in [0.5, 0.6) is 0 Å². The highest BCUT2D eigenvalue weighted by Gasteiger charge is 2.43. The predicted molar refractivity (Wildman–Crippen MR) is 103 cm³/mol. The molecule has 0 spiro atoms. The third-order valence-electron chi connectivity index (χ3n) is 2.89. The van der Waals surface area contributed by atoms with Crippen molar-refractivity contribution in [2.45, 2.75) is 24.5 Å². The first-order valence-electron chi connectivity index (χ1n) is 7.75. The van der Waals surface area contributed by atoms with E-state index in [4.69, 9.17) is 78.6 Å². The summed E-state index contributed by atoms with van der Waals surface area (Å²) in [6.45, 7) is -0.517. The number of hydrogen-bond donors (Lipinski definition) is 13. The lowest BCUT2D eigenvalue weighted by molar-refractivity contribution is -0.0549. The van der Waals surface area contributed by atoms with Gasteiger partial charge in [-0.15, -0.1) is 0 Å². The van der Waals surface area contributed by atoms with E-state index in [1.54, 1.807) is 6.07 Å². The van der Waals surface area contributed by atoms with Gasteiger partial charge in [-0.2, -0.15) is 10.2 Å². The summed E-state index contributed by atoms with van der Waals surface area (Å²) < 4.78 is 32.7. The fourth-order valence-electron chi connectivity index (χ4n) is 1.86. The van der Waals surface area contributed by atoms with Gasteiger partial charge in [0.25, 0.3) is 0 Å². The van der Waals surface area contributed by atoms with E-state index in [0.717, 1.165) is 10.8 Å². The zero-order chi connectivity index (χ0) is 27.7. The number of rotatable bonds is 2. The first kappa shape index (κ1) is 34.5. The lowest BCUT2D eigenvalue weighted by Crippen LogP contribution is -2.36. The molecule has 2 heterocycles. The first-order valence-corrected chi connectivity index (χ1v) is 12.4. The van der Waals surface area contributed by atoms with Crippen LogP contribution in [0.15, 0.2) is 11.0 Å². The minimum Gasteiger partial charge on any atom is -0.394 e. The number of aliphatic hydroxyl groups excluding tert-OH is 3. The Morgan fingerprint density at radius 2 is 1.35 bits per heavy atom. The van der Waals surface area contributed by atoms with Crippen molar-refractivity contribution in [3.63, 3.8) is 0 Å². The van der Waals surface area contributed by atoms with E-state index in [0.29, 0.717) is 0 Å². The SMILES string of the molecule is N#Cc1cn([C@@H]2O[C@H](CO)[C@@H](O)[C@H]2O)c(=O)nc1N.O=P(O)(O)O.O=P(O)(O)O.O=P(O)(O)O. The number of hydrogen-bond acceptors (Lipinski definition) is 11. The third-order valence-corrected chi connectivity index (χ3v) is 2.89. The van der Waals surface area contributed by atoms with Crippen molar-refractivity contribution in [3.05, 3.63) is 22.2 Å². The molecule has 0 radical (unpaired) electrons. The van der Waals surface area contributed by atoms with E-state index >= 15 is 0 Å². The van der Waals surface area contributed by atoms with Crippen molar-refractivity contribution in [1.82, 2.24) is 9.55 Å². The number of phosphoric acid groups is 3. The summed E-state index contributed by atoms with van der Waals surface area (Å²) in [6, 6.07) is 1.74. The molecule has 0 unspecified atom stereocenters. The monoisotopic (exact) mass is 562 g/mol. The Morgan fingerprint density at radius 3 is 1.65 bits per heavy atom. The molecular weight excluding hydrogens is 541 g/mol. The van der Waals surface area contributed by atoms with Gasteiger partial charge in [-0.3, -0.25) is 4.57 Å². The molecular formula is C10H21N4O17P3. The van der Waals surface area contributed by atoms with E-state index in [-0.39, 0.29) is 11.4 Å². The molecule has 1 saturated heterocycles. The van der Waals surface area contributed by atoms with Crippen molar-refractivity contribution >= 4 is 29.3 Å². The average Bonchev–Trinajstić information content (AvgIpc) is 2.86. The van der Waals surface area contributed by atoms with Crippen molar-refractivity contribution in [3.8, 4) is 6.07 Å². The Bertz CT molecular complexity index is 951. The van der Waals surface area contributed by atoms with Gasteiger partial charge in [-0.05, 0) is 0 Å². The summed E-state index contributed by atoms with van der Waals surface area (Å²) >= 11 is 0. The number of nitrogens with zero attached hydrogens (tertiary/aromatic N) is 3. The van der Waals surface area contributed by atoms with E-state index in [1.165, 1.54) is 0 Å². The third kappa shape index (κ3) is 17.8. The van der Waals surface area contributed by atoms with Crippen LogP contribution in [0.2, 0.25) is 0 Å². The molecule has 0 aromatic carbocycles. The highest BCUT2D eigenvalue weighted by atomic mass is 31.2. The van der Waals surface area contributed by atoms with Crippen LogP contribution in [0, 0.1) is 11.3 Å². The van der Waals surface area contributed by atoms with E-state index in [9.17, 15) is 15.0 Å². The zero-order valence-corrected chi connectivity index (χ0v) is 18.9. The number of aromatic nitrogens is 2. The van der Waals surface area contributed by atoms with Gasteiger partial charge in [0, 0.05) is 6.20 Å². The fraction of sp³-hybridized carbons (Fsp3) is 0.500. The molecule has 4 atom stereocenters. The van der Waals surface area contributed by atoms with Crippen molar-refractivity contribution < 1.29 is 77.8 Å². The highest BCUT2D eigenvalue weighted by molar-refractivity contribution is 7.45. The van der Waals surface area contributed by atoms with E-state index in [2.05, 4.69) is 4.98 Å². The van der Waals surface area contributed by atoms with Gasteiger partial charge in [-0.25, -0.2) is 18.5 Å². The molecule has 1 fully saturated rings. The number of nitrogen functional groups attached to an aromatic ring is 1. The Kier molecular flexibility index (Phi) is 14.2. The fourth-order valence-corrected chi connectivity index (χ4v) is 1.86. The maximum absolute atomic E-state index is 11.7. The number of aliphatic hydroxyl groups is 3. The Balaban J connectivity index is 0. The standard InChI is InChI=1S/C10H12N4O5.3H3O4P/c11-1-4-2-14(10(18)13-8(4)12)9-7(17)6(16)5(3-15)19-9;3*1-5(2,3)4/h2,5-7,9,15-17H,3H2,(H2,12,13,18);3*(H3,1,2,3,4)/t5-,6-,7-,9-;;;/m1.../s1. The number of nitriles is 1. The molecule has 198 valence electrons. The molecule has 0 saturated carbocycles. The van der Waals surface area contributed by atoms with Crippen molar-refractivity contribution in [1.29, 1.82) is 5.26 Å². The second-order valence-electron chi connectivity index (χ2n) is 5.61. The molecule has 0 amide bonds. The first-order chi connectivity index (χ1) is 15.0. The second-order valence-corrected chi connectivity index (χ2v) is 8.69. The van der Waals surface area contributed by atoms with Gasteiger partial charge < -0.3 is 69.8 Å². The minimum absolute atomic E-state index is 0.0580. The second kappa shape index (κ2) is 14.0. The van der Waals surface area contributed by atoms with Crippen molar-refractivity contribution in [2.24, 2.45) is 0 Å². The molecule has 14 N–H and O–H groups in total. The number of nitrogens with two attached hydrogens (primary N) is 1. The lowest BCUT2D eigenvalue weighted by Gasteiger charge is -2.17. The predicted octanol–water partition coefficient (Wildman–Crippen LogP) is -5.48. The van der Waals surface area contributed by atoms with E-state index < -0.39 is 60.3 Å². The van der Waals surface area contributed by atoms with Gasteiger partial charge in [0.05, 0.1) is 6.61 Å². The molecule has 34 heavy (non-hydrogen) atoms. The Labute approximate surface area is 187 Å². The maximum Gasteiger partial charge on any atom is 0.466 e. The average molecular weight is 562 g/mol. The molecule has 21 nitrogen and oxygen atoms in total.